The van der Waals surface area contributed by atoms with Gasteiger partial charge in [-0.05, 0) is 25.0 Å². The molecule has 1 atom stereocenters. The van der Waals surface area contributed by atoms with Gasteiger partial charge < -0.3 is 9.88 Å². The maximum absolute atomic E-state index is 12.7. The zero-order valence-electron chi connectivity index (χ0n) is 13.8. The van der Waals surface area contributed by atoms with E-state index < -0.39 is 0 Å². The van der Waals surface area contributed by atoms with Crippen LogP contribution in [0.3, 0.4) is 0 Å². The van der Waals surface area contributed by atoms with Crippen LogP contribution in [0.5, 0.6) is 0 Å². The van der Waals surface area contributed by atoms with Crippen LogP contribution in [0.15, 0.2) is 55.1 Å². The Balaban J connectivity index is 1.54. The lowest BCUT2D eigenvalue weighted by atomic mass is 9.94. The minimum atomic E-state index is 0.0837. The van der Waals surface area contributed by atoms with E-state index in [0.717, 1.165) is 36.3 Å². The fraction of sp³-hybridized carbons (Fsp3) is 0.263. The van der Waals surface area contributed by atoms with Gasteiger partial charge in [-0.15, -0.1) is 0 Å². The molecule has 0 aliphatic carbocycles. The minimum absolute atomic E-state index is 0.0837. The number of nitrogens with one attached hydrogen (secondary N) is 1. The average molecular weight is 333 g/mol. The summed E-state index contributed by atoms with van der Waals surface area (Å²) in [5.41, 5.74) is 2.38. The summed E-state index contributed by atoms with van der Waals surface area (Å²) in [6.45, 7) is 1.46. The third-order valence-electron chi connectivity index (χ3n) is 4.54. The van der Waals surface area contributed by atoms with Crippen molar-refractivity contribution < 1.29 is 4.79 Å². The van der Waals surface area contributed by atoms with E-state index in [-0.39, 0.29) is 11.8 Å². The van der Waals surface area contributed by atoms with Crippen molar-refractivity contribution in [3.8, 4) is 11.5 Å². The topological polar surface area (TPSA) is 74.8 Å². The highest BCUT2D eigenvalue weighted by Gasteiger charge is 2.26. The lowest BCUT2D eigenvalue weighted by Gasteiger charge is -2.32. The summed E-state index contributed by atoms with van der Waals surface area (Å²) in [5.74, 6) is 0.992. The van der Waals surface area contributed by atoms with E-state index in [0.29, 0.717) is 12.4 Å². The van der Waals surface area contributed by atoms with Gasteiger partial charge in [0, 0.05) is 43.2 Å². The number of imidazole rings is 1. The van der Waals surface area contributed by atoms with Crippen molar-refractivity contribution >= 4 is 5.91 Å². The summed E-state index contributed by atoms with van der Waals surface area (Å²) in [6, 6.07) is 9.44. The predicted molar refractivity (Wildman–Crippen MR) is 93.9 cm³/mol. The van der Waals surface area contributed by atoms with Crippen LogP contribution in [0.4, 0.5) is 0 Å². The summed E-state index contributed by atoms with van der Waals surface area (Å²) in [7, 11) is 0. The van der Waals surface area contributed by atoms with Crippen molar-refractivity contribution in [1.29, 1.82) is 0 Å². The summed E-state index contributed by atoms with van der Waals surface area (Å²) < 4.78 is 0. The molecule has 3 heterocycles. The van der Waals surface area contributed by atoms with Crippen LogP contribution in [0.25, 0.3) is 11.5 Å². The summed E-state index contributed by atoms with van der Waals surface area (Å²) in [4.78, 5) is 30.9. The third kappa shape index (κ3) is 3.28. The Kier molecular flexibility index (Phi) is 4.24. The summed E-state index contributed by atoms with van der Waals surface area (Å²) in [6.07, 6.45) is 8.95. The van der Waals surface area contributed by atoms with Crippen molar-refractivity contribution in [3.05, 3.63) is 66.4 Å². The maximum atomic E-state index is 12.7. The third-order valence-corrected chi connectivity index (χ3v) is 4.54. The van der Waals surface area contributed by atoms with E-state index in [2.05, 4.69) is 15.0 Å². The van der Waals surface area contributed by atoms with Crippen LogP contribution < -0.4 is 0 Å². The molecule has 6 heteroatoms. The van der Waals surface area contributed by atoms with E-state index in [1.54, 1.807) is 24.8 Å². The first-order chi connectivity index (χ1) is 12.3. The van der Waals surface area contributed by atoms with Crippen LogP contribution in [0.2, 0.25) is 0 Å². The van der Waals surface area contributed by atoms with Crippen LogP contribution in [-0.2, 0) is 0 Å². The number of amides is 1. The zero-order chi connectivity index (χ0) is 17.1. The van der Waals surface area contributed by atoms with E-state index in [1.165, 1.54) is 0 Å². The number of likely N-dealkylation sites (tertiary alicyclic amines) is 1. The Morgan fingerprint density at radius 2 is 2.08 bits per heavy atom. The van der Waals surface area contributed by atoms with Gasteiger partial charge in [0.05, 0.1) is 11.9 Å². The molecule has 1 saturated heterocycles. The van der Waals surface area contributed by atoms with E-state index in [4.69, 9.17) is 4.98 Å². The van der Waals surface area contributed by atoms with Gasteiger partial charge in [0.1, 0.15) is 5.69 Å². The molecule has 6 nitrogen and oxygen atoms in total. The molecule has 25 heavy (non-hydrogen) atoms. The Bertz CT molecular complexity index is 847. The van der Waals surface area contributed by atoms with Gasteiger partial charge in [0.2, 0.25) is 0 Å². The number of benzene rings is 1. The SMILES string of the molecule is O=C(c1ccccc1)N1CCC[C@@H](c2cncc(-c3ncc[nH]3)n2)C1. The largest absolute Gasteiger partial charge is 0.343 e. The lowest BCUT2D eigenvalue weighted by molar-refractivity contribution is 0.0706. The van der Waals surface area contributed by atoms with Gasteiger partial charge in [-0.25, -0.2) is 9.97 Å². The number of piperidine rings is 1. The van der Waals surface area contributed by atoms with Crippen molar-refractivity contribution in [2.45, 2.75) is 18.8 Å². The number of aromatic nitrogens is 4. The molecule has 1 aliphatic rings. The first-order valence-electron chi connectivity index (χ1n) is 8.47. The molecule has 0 unspecified atom stereocenters. The first-order valence-corrected chi connectivity index (χ1v) is 8.47. The van der Waals surface area contributed by atoms with Crippen LogP contribution in [-0.4, -0.2) is 43.8 Å². The van der Waals surface area contributed by atoms with Crippen molar-refractivity contribution in [2.24, 2.45) is 0 Å². The van der Waals surface area contributed by atoms with Crippen LogP contribution in [0.1, 0.15) is 34.8 Å². The van der Waals surface area contributed by atoms with E-state index in [9.17, 15) is 4.79 Å². The van der Waals surface area contributed by atoms with E-state index in [1.807, 2.05) is 35.2 Å². The number of hydrogen-bond donors (Lipinski definition) is 1. The molecule has 2 aromatic heterocycles. The Labute approximate surface area is 146 Å². The number of rotatable bonds is 3. The second kappa shape index (κ2) is 6.84. The molecule has 0 radical (unpaired) electrons. The molecule has 1 amide bonds. The Morgan fingerprint density at radius 1 is 1.20 bits per heavy atom. The molecule has 3 aromatic rings. The second-order valence-electron chi connectivity index (χ2n) is 6.22. The molecule has 1 aliphatic heterocycles. The van der Waals surface area contributed by atoms with Gasteiger partial charge in [0.15, 0.2) is 5.82 Å². The molecule has 0 saturated carbocycles. The molecule has 0 bridgehead atoms. The highest BCUT2D eigenvalue weighted by molar-refractivity contribution is 5.94. The van der Waals surface area contributed by atoms with E-state index >= 15 is 0 Å². The first kappa shape index (κ1) is 15.5. The van der Waals surface area contributed by atoms with Gasteiger partial charge in [-0.2, -0.15) is 0 Å². The maximum Gasteiger partial charge on any atom is 0.253 e. The highest BCUT2D eigenvalue weighted by Crippen LogP contribution is 2.27. The predicted octanol–water partition coefficient (Wildman–Crippen LogP) is 2.89. The summed E-state index contributed by atoms with van der Waals surface area (Å²) >= 11 is 0. The fourth-order valence-corrected chi connectivity index (χ4v) is 3.26. The average Bonchev–Trinajstić information content (AvgIpc) is 3.23. The second-order valence-corrected chi connectivity index (χ2v) is 6.22. The number of H-pyrrole nitrogens is 1. The van der Waals surface area contributed by atoms with Gasteiger partial charge >= 0.3 is 0 Å². The van der Waals surface area contributed by atoms with Crippen LogP contribution in [0, 0.1) is 0 Å². The zero-order valence-corrected chi connectivity index (χ0v) is 13.8. The van der Waals surface area contributed by atoms with Crippen molar-refractivity contribution in [3.63, 3.8) is 0 Å². The van der Waals surface area contributed by atoms with Crippen LogP contribution >= 0.6 is 0 Å². The quantitative estimate of drug-likeness (QED) is 0.800. The van der Waals surface area contributed by atoms with Gasteiger partial charge in [-0.3, -0.25) is 9.78 Å². The monoisotopic (exact) mass is 333 g/mol. The smallest absolute Gasteiger partial charge is 0.253 e. The van der Waals surface area contributed by atoms with Crippen molar-refractivity contribution in [1.82, 2.24) is 24.8 Å². The molecular weight excluding hydrogens is 314 g/mol. The molecular formula is C19H19N5O. The van der Waals surface area contributed by atoms with Gasteiger partial charge in [0.25, 0.3) is 5.91 Å². The number of carbonyl (C=O) groups is 1. The molecule has 0 spiro atoms. The molecule has 1 fully saturated rings. The normalized spacial score (nSPS) is 17.4. The molecule has 1 aromatic carbocycles. The standard InChI is InChI=1S/C19H19N5O/c25-19(14-5-2-1-3-6-14)24-10-4-7-15(13-24)16-11-20-12-17(23-16)18-21-8-9-22-18/h1-3,5-6,8-9,11-12,15H,4,7,10,13H2,(H,21,22)/t15-/m1/s1. The molecule has 4 rings (SSSR count). The van der Waals surface area contributed by atoms with Gasteiger partial charge in [-0.1, -0.05) is 18.2 Å². The number of nitrogens with zero attached hydrogens (tertiary/aromatic N) is 4. The fourth-order valence-electron chi connectivity index (χ4n) is 3.26. The van der Waals surface area contributed by atoms with Crippen molar-refractivity contribution in [2.75, 3.05) is 13.1 Å². The molecule has 1 N–H and O–H groups in total. The number of aromatic amines is 1. The molecule has 126 valence electrons. The highest BCUT2D eigenvalue weighted by atomic mass is 16.2. The lowest BCUT2D eigenvalue weighted by Crippen LogP contribution is -2.39. The summed E-state index contributed by atoms with van der Waals surface area (Å²) in [5, 5.41) is 0. The number of carbonyl (C=O) groups excluding carboxylic acids is 1. The Hall–Kier alpha value is -3.02. The Morgan fingerprint density at radius 3 is 2.88 bits per heavy atom. The minimum Gasteiger partial charge on any atom is -0.343 e. The number of hydrogen-bond acceptors (Lipinski definition) is 4.